The molecule has 0 aliphatic carbocycles. The van der Waals surface area contributed by atoms with E-state index in [0.29, 0.717) is 31.8 Å². The summed E-state index contributed by atoms with van der Waals surface area (Å²) in [4.78, 5) is 29.3. The molecule has 3 aromatic rings. The maximum absolute atomic E-state index is 12.6. The minimum Gasteiger partial charge on any atom is -0.493 e. The van der Waals surface area contributed by atoms with Crippen LogP contribution in [0.2, 0.25) is 0 Å². The van der Waals surface area contributed by atoms with E-state index in [1.54, 1.807) is 30.3 Å². The van der Waals surface area contributed by atoms with E-state index in [9.17, 15) is 9.59 Å². The van der Waals surface area contributed by atoms with Gasteiger partial charge in [0.25, 0.3) is 0 Å². The normalized spacial score (nSPS) is 14.1. The van der Waals surface area contributed by atoms with E-state index in [0.717, 1.165) is 10.0 Å². The standard InChI is InChI=1S/C25H17BrINO5/c1-14-7-9-16(10-8-14)24(29)32-22-19(27)11-15(13-21(22)31-2)12-20-25(30)33-23(28-20)17-5-3-4-6-18(17)26/h3-13H,1-2H3/b20-12-. The Hall–Kier alpha value is -2.98. The second-order valence-electron chi connectivity index (χ2n) is 7.11. The third kappa shape index (κ3) is 5.17. The zero-order chi connectivity index (χ0) is 23.5. The molecule has 3 aromatic carbocycles. The minimum atomic E-state index is -0.551. The molecular formula is C25H17BrINO5. The summed E-state index contributed by atoms with van der Waals surface area (Å²) in [6.07, 6.45) is 1.60. The van der Waals surface area contributed by atoms with Crippen LogP contribution in [0.3, 0.4) is 0 Å². The van der Waals surface area contributed by atoms with Crippen molar-refractivity contribution in [3.05, 3.63) is 96.7 Å². The van der Waals surface area contributed by atoms with Gasteiger partial charge in [-0.05, 0) is 93.5 Å². The SMILES string of the molecule is COc1cc(/C=C2\N=C(c3ccccc3Br)OC2=O)cc(I)c1OC(=O)c1ccc(C)cc1. The lowest BCUT2D eigenvalue weighted by Crippen LogP contribution is -2.10. The van der Waals surface area contributed by atoms with Gasteiger partial charge in [-0.2, -0.15) is 0 Å². The molecule has 0 saturated carbocycles. The van der Waals surface area contributed by atoms with Crippen molar-refractivity contribution in [1.82, 2.24) is 0 Å². The van der Waals surface area contributed by atoms with Gasteiger partial charge < -0.3 is 14.2 Å². The molecule has 0 spiro atoms. The first kappa shape index (κ1) is 23.2. The highest BCUT2D eigenvalue weighted by Gasteiger charge is 2.26. The highest BCUT2D eigenvalue weighted by atomic mass is 127. The predicted molar refractivity (Wildman–Crippen MR) is 137 cm³/mol. The number of aryl methyl sites for hydroxylation is 1. The first-order valence-electron chi connectivity index (χ1n) is 9.79. The number of carbonyl (C=O) groups is 2. The van der Waals surface area contributed by atoms with E-state index in [2.05, 4.69) is 43.5 Å². The lowest BCUT2D eigenvalue weighted by atomic mass is 10.1. The summed E-state index contributed by atoms with van der Waals surface area (Å²) in [7, 11) is 1.48. The highest BCUT2D eigenvalue weighted by Crippen LogP contribution is 2.35. The molecule has 1 aliphatic rings. The minimum absolute atomic E-state index is 0.156. The summed E-state index contributed by atoms with van der Waals surface area (Å²) in [5, 5.41) is 0. The van der Waals surface area contributed by atoms with Gasteiger partial charge in [0.15, 0.2) is 17.2 Å². The molecule has 8 heteroatoms. The molecule has 0 radical (unpaired) electrons. The molecule has 4 rings (SSSR count). The fourth-order valence-electron chi connectivity index (χ4n) is 3.08. The zero-order valence-electron chi connectivity index (χ0n) is 17.6. The van der Waals surface area contributed by atoms with E-state index in [1.165, 1.54) is 7.11 Å². The zero-order valence-corrected chi connectivity index (χ0v) is 21.3. The van der Waals surface area contributed by atoms with Crippen molar-refractivity contribution in [1.29, 1.82) is 0 Å². The third-order valence-corrected chi connectivity index (χ3v) is 6.25. The van der Waals surface area contributed by atoms with Crippen LogP contribution in [-0.4, -0.2) is 24.9 Å². The number of methoxy groups -OCH3 is 1. The Morgan fingerprint density at radius 2 is 1.85 bits per heavy atom. The number of ether oxygens (including phenoxy) is 3. The van der Waals surface area contributed by atoms with Crippen molar-refractivity contribution in [2.45, 2.75) is 6.92 Å². The van der Waals surface area contributed by atoms with Gasteiger partial charge in [0.1, 0.15) is 0 Å². The number of hydrogen-bond acceptors (Lipinski definition) is 6. The summed E-state index contributed by atoms with van der Waals surface area (Å²) in [5.74, 6) is -0.152. The van der Waals surface area contributed by atoms with Crippen molar-refractivity contribution in [3.63, 3.8) is 0 Å². The summed E-state index contributed by atoms with van der Waals surface area (Å²) in [5.41, 5.74) is 2.97. The molecule has 6 nitrogen and oxygen atoms in total. The summed E-state index contributed by atoms with van der Waals surface area (Å²) >= 11 is 5.50. The molecule has 0 saturated heterocycles. The van der Waals surface area contributed by atoms with Gasteiger partial charge in [-0.1, -0.05) is 29.8 Å². The Morgan fingerprint density at radius 1 is 1.12 bits per heavy atom. The fourth-order valence-corrected chi connectivity index (χ4v) is 4.27. The Labute approximate surface area is 212 Å². The van der Waals surface area contributed by atoms with Crippen LogP contribution >= 0.6 is 38.5 Å². The molecule has 1 aliphatic heterocycles. The number of esters is 2. The molecule has 0 atom stereocenters. The van der Waals surface area contributed by atoms with Gasteiger partial charge in [-0.25, -0.2) is 14.6 Å². The van der Waals surface area contributed by atoms with Crippen LogP contribution in [0.5, 0.6) is 11.5 Å². The fraction of sp³-hybridized carbons (Fsp3) is 0.0800. The van der Waals surface area contributed by atoms with Crippen LogP contribution in [0, 0.1) is 10.5 Å². The van der Waals surface area contributed by atoms with Crippen LogP contribution in [0.1, 0.15) is 27.0 Å². The van der Waals surface area contributed by atoms with Gasteiger partial charge in [-0.15, -0.1) is 0 Å². The number of rotatable bonds is 5. The molecule has 166 valence electrons. The molecular weight excluding hydrogens is 601 g/mol. The highest BCUT2D eigenvalue weighted by molar-refractivity contribution is 14.1. The van der Waals surface area contributed by atoms with E-state index < -0.39 is 11.9 Å². The van der Waals surface area contributed by atoms with E-state index in [-0.39, 0.29) is 11.6 Å². The first-order valence-corrected chi connectivity index (χ1v) is 11.7. The van der Waals surface area contributed by atoms with Crippen LogP contribution in [0.4, 0.5) is 0 Å². The lowest BCUT2D eigenvalue weighted by Gasteiger charge is -2.12. The predicted octanol–water partition coefficient (Wildman–Crippen LogP) is 5.93. The summed E-state index contributed by atoms with van der Waals surface area (Å²) < 4.78 is 17.8. The number of aliphatic imine (C=N–C) groups is 1. The molecule has 0 amide bonds. The quantitative estimate of drug-likeness (QED) is 0.153. The van der Waals surface area contributed by atoms with Crippen molar-refractivity contribution >= 4 is 62.4 Å². The maximum atomic E-state index is 12.6. The largest absolute Gasteiger partial charge is 0.493 e. The summed E-state index contributed by atoms with van der Waals surface area (Å²) in [6, 6.07) is 17.9. The lowest BCUT2D eigenvalue weighted by molar-refractivity contribution is -0.129. The van der Waals surface area contributed by atoms with Crippen LogP contribution in [-0.2, 0) is 9.53 Å². The molecule has 0 unspecified atom stereocenters. The molecule has 1 heterocycles. The van der Waals surface area contributed by atoms with Crippen molar-refractivity contribution in [3.8, 4) is 11.5 Å². The maximum Gasteiger partial charge on any atom is 0.363 e. The topological polar surface area (TPSA) is 74.2 Å². The average Bonchev–Trinajstić information content (AvgIpc) is 3.15. The van der Waals surface area contributed by atoms with Crippen LogP contribution in [0.25, 0.3) is 6.08 Å². The van der Waals surface area contributed by atoms with E-state index in [1.807, 2.05) is 43.3 Å². The van der Waals surface area contributed by atoms with Gasteiger partial charge in [0.05, 0.1) is 21.8 Å². The number of cyclic esters (lactones) is 1. The van der Waals surface area contributed by atoms with Crippen molar-refractivity contribution in [2.75, 3.05) is 7.11 Å². The molecule has 0 fully saturated rings. The van der Waals surface area contributed by atoms with Crippen LogP contribution in [0.15, 0.2) is 75.8 Å². The smallest absolute Gasteiger partial charge is 0.363 e. The van der Waals surface area contributed by atoms with E-state index >= 15 is 0 Å². The van der Waals surface area contributed by atoms with E-state index in [4.69, 9.17) is 14.2 Å². The second kappa shape index (κ2) is 9.88. The Bertz CT molecular complexity index is 1310. The monoisotopic (exact) mass is 617 g/mol. The molecule has 0 bridgehead atoms. The average molecular weight is 618 g/mol. The number of halogens is 2. The number of benzene rings is 3. The Kier molecular flexibility index (Phi) is 6.94. The third-order valence-electron chi connectivity index (χ3n) is 4.76. The van der Waals surface area contributed by atoms with Gasteiger partial charge in [0.2, 0.25) is 5.90 Å². The molecule has 0 N–H and O–H groups in total. The molecule has 0 aromatic heterocycles. The van der Waals surface area contributed by atoms with Gasteiger partial charge in [0, 0.05) is 4.47 Å². The second-order valence-corrected chi connectivity index (χ2v) is 9.12. The van der Waals surface area contributed by atoms with Crippen molar-refractivity contribution < 1.29 is 23.8 Å². The number of hydrogen-bond donors (Lipinski definition) is 0. The van der Waals surface area contributed by atoms with Gasteiger partial charge >= 0.3 is 11.9 Å². The number of carbonyl (C=O) groups excluding carboxylic acids is 2. The Balaban J connectivity index is 1.63. The summed E-state index contributed by atoms with van der Waals surface area (Å²) in [6.45, 7) is 1.94. The van der Waals surface area contributed by atoms with Gasteiger partial charge in [-0.3, -0.25) is 0 Å². The van der Waals surface area contributed by atoms with Crippen LogP contribution < -0.4 is 9.47 Å². The van der Waals surface area contributed by atoms with Crippen molar-refractivity contribution in [2.24, 2.45) is 4.99 Å². The molecule has 33 heavy (non-hydrogen) atoms. The Morgan fingerprint density at radius 3 is 2.55 bits per heavy atom. The number of nitrogens with zero attached hydrogens (tertiary/aromatic N) is 1. The first-order chi connectivity index (χ1) is 15.9.